The minimum absolute atomic E-state index is 0.0783. The monoisotopic (exact) mass is 238 g/mol. The van der Waals surface area contributed by atoms with Crippen LogP contribution in [0.2, 0.25) is 0 Å². The molecule has 0 aliphatic rings. The van der Waals surface area contributed by atoms with Gasteiger partial charge in [-0.25, -0.2) is 13.1 Å². The Kier molecular flexibility index (Phi) is 5.77. The van der Waals surface area contributed by atoms with Gasteiger partial charge < -0.3 is 10.8 Å². The van der Waals surface area contributed by atoms with Gasteiger partial charge in [0.05, 0.1) is 12.2 Å². The van der Waals surface area contributed by atoms with E-state index >= 15 is 0 Å². The molecule has 1 atom stereocenters. The maximum absolute atomic E-state index is 11.4. The lowest BCUT2D eigenvalue weighted by Crippen LogP contribution is -2.44. The summed E-state index contributed by atoms with van der Waals surface area (Å²) >= 11 is 0. The van der Waals surface area contributed by atoms with Crippen molar-refractivity contribution in [1.29, 1.82) is 0 Å². The average molecular weight is 238 g/mol. The van der Waals surface area contributed by atoms with Gasteiger partial charge >= 0.3 is 5.97 Å². The highest BCUT2D eigenvalue weighted by atomic mass is 32.2. The largest absolute Gasteiger partial charge is 0.481 e. The van der Waals surface area contributed by atoms with Gasteiger partial charge in [-0.05, 0) is 5.92 Å². The lowest BCUT2D eigenvalue weighted by atomic mass is 10.1. The number of sulfonamides is 1. The van der Waals surface area contributed by atoms with Crippen molar-refractivity contribution in [2.75, 3.05) is 12.3 Å². The van der Waals surface area contributed by atoms with Crippen molar-refractivity contribution in [2.45, 2.75) is 26.3 Å². The second kappa shape index (κ2) is 6.04. The number of carboxylic acid groups (broad SMARTS) is 1. The smallest absolute Gasteiger partial charge is 0.304 e. The van der Waals surface area contributed by atoms with E-state index in [1.165, 1.54) is 0 Å². The standard InChI is InChI=1S/C8H18N2O4S/c1-6(2)7(5-9)10-15(13,14)4-3-8(11)12/h6-7,10H,3-5,9H2,1-2H3,(H,11,12). The molecule has 0 radical (unpaired) electrons. The van der Waals surface area contributed by atoms with Crippen molar-refractivity contribution in [3.05, 3.63) is 0 Å². The molecule has 1 unspecified atom stereocenters. The predicted molar refractivity (Wildman–Crippen MR) is 56.9 cm³/mol. The van der Waals surface area contributed by atoms with Crippen LogP contribution in [0.25, 0.3) is 0 Å². The Hall–Kier alpha value is -0.660. The second-order valence-corrected chi connectivity index (χ2v) is 5.54. The van der Waals surface area contributed by atoms with E-state index < -0.39 is 28.2 Å². The average Bonchev–Trinajstić information content (AvgIpc) is 2.11. The molecule has 0 saturated heterocycles. The quantitative estimate of drug-likeness (QED) is 0.546. The van der Waals surface area contributed by atoms with Gasteiger partial charge in [-0.2, -0.15) is 0 Å². The van der Waals surface area contributed by atoms with E-state index in [2.05, 4.69) is 4.72 Å². The third kappa shape index (κ3) is 6.43. The summed E-state index contributed by atoms with van der Waals surface area (Å²) in [4.78, 5) is 10.2. The molecule has 0 saturated carbocycles. The molecular weight excluding hydrogens is 220 g/mol. The van der Waals surface area contributed by atoms with Crippen LogP contribution in [0, 0.1) is 5.92 Å². The Morgan fingerprint density at radius 2 is 2.00 bits per heavy atom. The van der Waals surface area contributed by atoms with Crippen LogP contribution in [0.3, 0.4) is 0 Å². The van der Waals surface area contributed by atoms with Gasteiger partial charge in [0.25, 0.3) is 0 Å². The highest BCUT2D eigenvalue weighted by Gasteiger charge is 2.20. The Morgan fingerprint density at radius 3 is 2.33 bits per heavy atom. The first kappa shape index (κ1) is 14.3. The maximum Gasteiger partial charge on any atom is 0.304 e. The molecule has 15 heavy (non-hydrogen) atoms. The summed E-state index contributed by atoms with van der Waals surface area (Å²) in [6, 6.07) is -0.344. The van der Waals surface area contributed by atoms with E-state index in [-0.39, 0.29) is 18.5 Å². The molecule has 4 N–H and O–H groups in total. The van der Waals surface area contributed by atoms with Crippen LogP contribution in [-0.4, -0.2) is 37.8 Å². The summed E-state index contributed by atoms with van der Waals surface area (Å²) in [7, 11) is -3.54. The molecule has 0 aromatic heterocycles. The van der Waals surface area contributed by atoms with Crippen LogP contribution in [0.5, 0.6) is 0 Å². The molecular formula is C8H18N2O4S. The van der Waals surface area contributed by atoms with Gasteiger partial charge in [-0.1, -0.05) is 13.8 Å². The molecule has 0 aliphatic carbocycles. The SMILES string of the molecule is CC(C)C(CN)NS(=O)(=O)CCC(=O)O. The number of hydrogen-bond acceptors (Lipinski definition) is 4. The second-order valence-electron chi connectivity index (χ2n) is 3.67. The third-order valence-electron chi connectivity index (χ3n) is 1.97. The fourth-order valence-corrected chi connectivity index (χ4v) is 2.36. The highest BCUT2D eigenvalue weighted by molar-refractivity contribution is 7.89. The maximum atomic E-state index is 11.4. The molecule has 0 aromatic carbocycles. The number of nitrogens with two attached hydrogens (primary N) is 1. The zero-order chi connectivity index (χ0) is 12.1. The third-order valence-corrected chi connectivity index (χ3v) is 3.38. The van der Waals surface area contributed by atoms with Crippen LogP contribution < -0.4 is 10.5 Å². The number of aliphatic carboxylic acids is 1. The molecule has 6 nitrogen and oxygen atoms in total. The Bertz CT molecular complexity index is 300. The number of hydrogen-bond donors (Lipinski definition) is 3. The van der Waals surface area contributed by atoms with Crippen molar-refractivity contribution in [3.63, 3.8) is 0 Å². The number of nitrogens with one attached hydrogen (secondary N) is 1. The van der Waals surface area contributed by atoms with Gasteiger partial charge in [-0.15, -0.1) is 0 Å². The zero-order valence-corrected chi connectivity index (χ0v) is 9.75. The number of carbonyl (C=O) groups is 1. The van der Waals surface area contributed by atoms with Crippen molar-refractivity contribution in [2.24, 2.45) is 11.7 Å². The van der Waals surface area contributed by atoms with Crippen molar-refractivity contribution in [3.8, 4) is 0 Å². The van der Waals surface area contributed by atoms with Gasteiger partial charge in [0.2, 0.25) is 10.0 Å². The normalized spacial score (nSPS) is 14.1. The van der Waals surface area contributed by atoms with E-state index in [9.17, 15) is 13.2 Å². The van der Waals surface area contributed by atoms with Gasteiger partial charge in [-0.3, -0.25) is 4.79 Å². The molecule has 0 fully saturated rings. The lowest BCUT2D eigenvalue weighted by Gasteiger charge is -2.19. The van der Waals surface area contributed by atoms with Crippen LogP contribution >= 0.6 is 0 Å². The topological polar surface area (TPSA) is 109 Å². The van der Waals surface area contributed by atoms with Gasteiger partial charge in [0.15, 0.2) is 0 Å². The van der Waals surface area contributed by atoms with Crippen molar-refractivity contribution in [1.82, 2.24) is 4.72 Å². The molecule has 7 heteroatoms. The summed E-state index contributed by atoms with van der Waals surface area (Å²) < 4.78 is 25.1. The predicted octanol–water partition coefficient (Wildman–Crippen LogP) is -0.636. The van der Waals surface area contributed by atoms with E-state index in [1.54, 1.807) is 0 Å². The van der Waals surface area contributed by atoms with E-state index in [1.807, 2.05) is 13.8 Å². The minimum Gasteiger partial charge on any atom is -0.481 e. The fraction of sp³-hybridized carbons (Fsp3) is 0.875. The summed E-state index contributed by atoms with van der Waals surface area (Å²) in [6.07, 6.45) is -0.398. The Morgan fingerprint density at radius 1 is 1.47 bits per heavy atom. The molecule has 0 spiro atoms. The highest BCUT2D eigenvalue weighted by Crippen LogP contribution is 2.02. The van der Waals surface area contributed by atoms with E-state index in [0.29, 0.717) is 0 Å². The molecule has 0 aromatic rings. The summed E-state index contributed by atoms with van der Waals surface area (Å²) in [5, 5.41) is 8.36. The van der Waals surface area contributed by atoms with Crippen LogP contribution in [-0.2, 0) is 14.8 Å². The van der Waals surface area contributed by atoms with E-state index in [0.717, 1.165) is 0 Å². The molecule has 0 heterocycles. The lowest BCUT2D eigenvalue weighted by molar-refractivity contribution is -0.136. The molecule has 0 bridgehead atoms. The molecule has 90 valence electrons. The van der Waals surface area contributed by atoms with Crippen molar-refractivity contribution >= 4 is 16.0 Å². The van der Waals surface area contributed by atoms with Crippen LogP contribution in [0.15, 0.2) is 0 Å². The van der Waals surface area contributed by atoms with E-state index in [4.69, 9.17) is 10.8 Å². The first-order valence-electron chi connectivity index (χ1n) is 4.70. The first-order valence-corrected chi connectivity index (χ1v) is 6.35. The summed E-state index contributed by atoms with van der Waals surface area (Å²) in [5.41, 5.74) is 5.39. The Balaban J connectivity index is 4.29. The summed E-state index contributed by atoms with van der Waals surface area (Å²) in [6.45, 7) is 3.89. The molecule has 0 rings (SSSR count). The first-order chi connectivity index (χ1) is 6.78. The number of rotatable bonds is 7. The number of carboxylic acids is 1. The van der Waals surface area contributed by atoms with Crippen molar-refractivity contribution < 1.29 is 18.3 Å². The van der Waals surface area contributed by atoms with Gasteiger partial charge in [0.1, 0.15) is 0 Å². The zero-order valence-electron chi connectivity index (χ0n) is 8.93. The Labute approximate surface area is 89.9 Å². The molecule has 0 aliphatic heterocycles. The molecule has 0 amide bonds. The van der Waals surface area contributed by atoms with Gasteiger partial charge in [0, 0.05) is 12.6 Å². The minimum atomic E-state index is -3.54. The summed E-state index contributed by atoms with van der Waals surface area (Å²) in [5.74, 6) is -1.46. The van der Waals surface area contributed by atoms with Crippen LogP contribution in [0.4, 0.5) is 0 Å². The van der Waals surface area contributed by atoms with Crippen LogP contribution in [0.1, 0.15) is 20.3 Å². The fourth-order valence-electron chi connectivity index (χ4n) is 0.968.